The zero-order chi connectivity index (χ0) is 12.0. The summed E-state index contributed by atoms with van der Waals surface area (Å²) in [7, 11) is -3.08. The number of hydrogen-bond acceptors (Lipinski definition) is 4. The molecule has 0 spiro atoms. The molecule has 0 saturated carbocycles. The van der Waals surface area contributed by atoms with Gasteiger partial charge in [0.2, 0.25) is 10.0 Å². The van der Waals surface area contributed by atoms with Gasteiger partial charge in [-0.3, -0.25) is 0 Å². The average Bonchev–Trinajstić information content (AvgIpc) is 2.61. The van der Waals surface area contributed by atoms with Crippen molar-refractivity contribution in [2.45, 2.75) is 33.1 Å². The zero-order valence-electron chi connectivity index (χ0n) is 9.69. The zero-order valence-corrected chi connectivity index (χ0v) is 11.3. The number of sulfonamides is 1. The molecule has 1 aromatic heterocycles. The maximum absolute atomic E-state index is 11.5. The van der Waals surface area contributed by atoms with Gasteiger partial charge in [0.05, 0.1) is 10.8 Å². The number of rotatable bonds is 7. The molecule has 0 aliphatic rings. The van der Waals surface area contributed by atoms with Crippen LogP contribution in [0.3, 0.4) is 0 Å². The summed E-state index contributed by atoms with van der Waals surface area (Å²) in [5, 5.41) is 0.982. The van der Waals surface area contributed by atoms with Gasteiger partial charge in [0.1, 0.15) is 0 Å². The largest absolute Gasteiger partial charge is 0.249 e. The SMILES string of the molecule is CCCCS(=O)(=O)NCCc1ncc(C)s1. The smallest absolute Gasteiger partial charge is 0.211 e. The van der Waals surface area contributed by atoms with Crippen LogP contribution in [0.2, 0.25) is 0 Å². The van der Waals surface area contributed by atoms with Gasteiger partial charge in [-0.15, -0.1) is 11.3 Å². The van der Waals surface area contributed by atoms with Gasteiger partial charge in [-0.25, -0.2) is 18.1 Å². The van der Waals surface area contributed by atoms with Crippen LogP contribution in [-0.4, -0.2) is 25.7 Å². The maximum Gasteiger partial charge on any atom is 0.211 e. The third-order valence-electron chi connectivity index (χ3n) is 2.10. The highest BCUT2D eigenvalue weighted by Gasteiger charge is 2.08. The highest BCUT2D eigenvalue weighted by Crippen LogP contribution is 2.11. The summed E-state index contributed by atoms with van der Waals surface area (Å²) < 4.78 is 25.5. The Kier molecular flexibility index (Phi) is 5.37. The molecule has 0 aliphatic heterocycles. The van der Waals surface area contributed by atoms with Gasteiger partial charge in [0, 0.05) is 24.0 Å². The van der Waals surface area contributed by atoms with Crippen LogP contribution in [0.4, 0.5) is 0 Å². The lowest BCUT2D eigenvalue weighted by molar-refractivity contribution is 0.578. The third-order valence-corrected chi connectivity index (χ3v) is 4.54. The maximum atomic E-state index is 11.5. The quantitative estimate of drug-likeness (QED) is 0.814. The molecular formula is C10H18N2O2S2. The van der Waals surface area contributed by atoms with Crippen molar-refractivity contribution in [3.63, 3.8) is 0 Å². The lowest BCUT2D eigenvalue weighted by atomic mass is 10.4. The van der Waals surface area contributed by atoms with E-state index in [1.165, 1.54) is 0 Å². The lowest BCUT2D eigenvalue weighted by Crippen LogP contribution is -2.28. The summed E-state index contributed by atoms with van der Waals surface area (Å²) in [5.41, 5.74) is 0. The van der Waals surface area contributed by atoms with Gasteiger partial charge >= 0.3 is 0 Å². The minimum atomic E-state index is -3.08. The van der Waals surface area contributed by atoms with Gasteiger partial charge in [0.15, 0.2) is 0 Å². The van der Waals surface area contributed by atoms with Crippen LogP contribution < -0.4 is 4.72 Å². The summed E-state index contributed by atoms with van der Waals surface area (Å²) in [6.07, 6.45) is 4.09. The Balaban J connectivity index is 2.29. The molecule has 92 valence electrons. The van der Waals surface area contributed by atoms with Crippen molar-refractivity contribution in [1.29, 1.82) is 0 Å². The summed E-state index contributed by atoms with van der Waals surface area (Å²) in [4.78, 5) is 5.34. The minimum absolute atomic E-state index is 0.223. The second kappa shape index (κ2) is 6.32. The summed E-state index contributed by atoms with van der Waals surface area (Å²) in [6, 6.07) is 0. The first-order valence-electron chi connectivity index (χ1n) is 5.42. The van der Waals surface area contributed by atoms with Gasteiger partial charge < -0.3 is 0 Å². The molecule has 0 aromatic carbocycles. The fourth-order valence-corrected chi connectivity index (χ4v) is 3.25. The van der Waals surface area contributed by atoms with Crippen LogP contribution >= 0.6 is 11.3 Å². The summed E-state index contributed by atoms with van der Waals surface area (Å²) in [6.45, 7) is 4.42. The van der Waals surface area contributed by atoms with Crippen LogP contribution in [0, 0.1) is 6.92 Å². The highest BCUT2D eigenvalue weighted by molar-refractivity contribution is 7.89. The van der Waals surface area contributed by atoms with Crippen molar-refractivity contribution in [3.8, 4) is 0 Å². The van der Waals surface area contributed by atoms with Crippen molar-refractivity contribution < 1.29 is 8.42 Å². The second-order valence-electron chi connectivity index (χ2n) is 3.68. The molecule has 1 heterocycles. The van der Waals surface area contributed by atoms with Crippen LogP contribution in [-0.2, 0) is 16.4 Å². The second-order valence-corrected chi connectivity index (χ2v) is 6.93. The molecule has 0 radical (unpaired) electrons. The van der Waals surface area contributed by atoms with E-state index in [1.54, 1.807) is 11.3 Å². The molecule has 0 unspecified atom stereocenters. The first-order chi connectivity index (χ1) is 7.53. The van der Waals surface area contributed by atoms with Crippen molar-refractivity contribution in [1.82, 2.24) is 9.71 Å². The standard InChI is InChI=1S/C10H18N2O2S2/c1-3-4-7-16(13,14)12-6-5-10-11-8-9(2)15-10/h8,12H,3-7H2,1-2H3. The van der Waals surface area contributed by atoms with Gasteiger partial charge in [-0.2, -0.15) is 0 Å². The summed E-state index contributed by atoms with van der Waals surface area (Å²) in [5.74, 6) is 0.223. The first-order valence-corrected chi connectivity index (χ1v) is 7.89. The van der Waals surface area contributed by atoms with Crippen molar-refractivity contribution in [3.05, 3.63) is 16.1 Å². The normalized spacial score (nSPS) is 11.9. The molecule has 0 fully saturated rings. The van der Waals surface area contributed by atoms with Crippen LogP contribution in [0.15, 0.2) is 6.20 Å². The fraction of sp³-hybridized carbons (Fsp3) is 0.700. The lowest BCUT2D eigenvalue weighted by Gasteiger charge is -2.04. The number of thiazole rings is 1. The fourth-order valence-electron chi connectivity index (χ4n) is 1.24. The van der Waals surface area contributed by atoms with E-state index < -0.39 is 10.0 Å². The Morgan fingerprint density at radius 1 is 1.50 bits per heavy atom. The molecule has 0 aliphatic carbocycles. The molecule has 0 amide bonds. The molecule has 6 heteroatoms. The van der Waals surface area contributed by atoms with Crippen LogP contribution in [0.25, 0.3) is 0 Å². The van der Waals surface area contributed by atoms with E-state index in [9.17, 15) is 8.42 Å². The van der Waals surface area contributed by atoms with E-state index >= 15 is 0 Å². The van der Waals surface area contributed by atoms with Gasteiger partial charge in [-0.05, 0) is 13.3 Å². The molecule has 0 saturated heterocycles. The molecule has 1 aromatic rings. The van der Waals surface area contributed by atoms with Crippen molar-refractivity contribution in [2.24, 2.45) is 0 Å². The topological polar surface area (TPSA) is 59.1 Å². The number of aromatic nitrogens is 1. The molecule has 1 rings (SSSR count). The van der Waals surface area contributed by atoms with Crippen molar-refractivity contribution >= 4 is 21.4 Å². The first kappa shape index (κ1) is 13.6. The van der Waals surface area contributed by atoms with Crippen LogP contribution in [0.5, 0.6) is 0 Å². The van der Waals surface area contributed by atoms with E-state index in [0.29, 0.717) is 19.4 Å². The van der Waals surface area contributed by atoms with Gasteiger partial charge in [0.25, 0.3) is 0 Å². The van der Waals surface area contributed by atoms with E-state index in [4.69, 9.17) is 0 Å². The van der Waals surface area contributed by atoms with Crippen molar-refractivity contribution in [2.75, 3.05) is 12.3 Å². The molecular weight excluding hydrogens is 244 g/mol. The third kappa shape index (κ3) is 5.05. The van der Waals surface area contributed by atoms with E-state index in [0.717, 1.165) is 16.3 Å². The highest BCUT2D eigenvalue weighted by atomic mass is 32.2. The number of hydrogen-bond donors (Lipinski definition) is 1. The average molecular weight is 262 g/mol. The van der Waals surface area contributed by atoms with E-state index in [1.807, 2.05) is 20.0 Å². The van der Waals surface area contributed by atoms with E-state index in [2.05, 4.69) is 9.71 Å². The van der Waals surface area contributed by atoms with Crippen LogP contribution in [0.1, 0.15) is 29.7 Å². The Morgan fingerprint density at radius 2 is 2.25 bits per heavy atom. The minimum Gasteiger partial charge on any atom is -0.249 e. The monoisotopic (exact) mass is 262 g/mol. The number of nitrogens with zero attached hydrogens (tertiary/aromatic N) is 1. The summed E-state index contributed by atoms with van der Waals surface area (Å²) >= 11 is 1.61. The van der Waals surface area contributed by atoms with Gasteiger partial charge in [-0.1, -0.05) is 13.3 Å². The molecule has 0 atom stereocenters. The number of nitrogens with one attached hydrogen (secondary N) is 1. The van der Waals surface area contributed by atoms with E-state index in [-0.39, 0.29) is 5.75 Å². The molecule has 16 heavy (non-hydrogen) atoms. The molecule has 1 N–H and O–H groups in total. The Labute approximate surface area is 101 Å². The predicted molar refractivity (Wildman–Crippen MR) is 67.3 cm³/mol. The molecule has 0 bridgehead atoms. The predicted octanol–water partition coefficient (Wildman–Crippen LogP) is 1.71. The Hall–Kier alpha value is -0.460. The number of aryl methyl sites for hydroxylation is 1. The Morgan fingerprint density at radius 3 is 2.81 bits per heavy atom. The Bertz CT molecular complexity index is 412. The number of unbranched alkanes of at least 4 members (excludes halogenated alkanes) is 1. The molecule has 4 nitrogen and oxygen atoms in total.